The highest BCUT2D eigenvalue weighted by Crippen LogP contribution is 2.36. The zero-order valence-electron chi connectivity index (χ0n) is 16.6. The average Bonchev–Trinajstić information content (AvgIpc) is 2.30. The van der Waals surface area contributed by atoms with E-state index in [9.17, 15) is 4.79 Å². The van der Waals surface area contributed by atoms with Crippen LogP contribution in [-0.2, 0) is 13.9 Å². The molecule has 0 aromatic rings. The summed E-state index contributed by atoms with van der Waals surface area (Å²) < 4.78 is 17.2. The maximum Gasteiger partial charge on any atom is 0.410 e. The molecule has 1 rings (SSSR count). The molecule has 0 radical (unpaired) electrons. The van der Waals surface area contributed by atoms with Gasteiger partial charge in [-0.05, 0) is 38.9 Å². The number of rotatable bonds is 6. The summed E-state index contributed by atoms with van der Waals surface area (Å²) in [5, 5.41) is 0.176. The van der Waals surface area contributed by atoms with Gasteiger partial charge < -0.3 is 24.5 Å². The molecule has 0 aromatic heterocycles. The van der Waals surface area contributed by atoms with Gasteiger partial charge in [-0.3, -0.25) is 0 Å². The molecule has 0 saturated carbocycles. The molecule has 1 unspecified atom stereocenters. The molecule has 2 N–H and O–H groups in total. The van der Waals surface area contributed by atoms with Crippen LogP contribution in [0.1, 0.15) is 41.5 Å². The van der Waals surface area contributed by atoms with Crippen molar-refractivity contribution < 1.29 is 18.7 Å². The Morgan fingerprint density at radius 3 is 2.17 bits per heavy atom. The first kappa shape index (κ1) is 21.4. The van der Waals surface area contributed by atoms with E-state index in [1.807, 2.05) is 20.8 Å². The summed E-state index contributed by atoms with van der Waals surface area (Å²) >= 11 is 0. The van der Waals surface area contributed by atoms with Crippen LogP contribution in [0.5, 0.6) is 0 Å². The summed E-state index contributed by atoms with van der Waals surface area (Å²) in [6.45, 7) is 18.7. The number of nitrogens with two attached hydrogens (primary N) is 1. The zero-order chi connectivity index (χ0) is 18.8. The Hall–Kier alpha value is -0.633. The van der Waals surface area contributed by atoms with Gasteiger partial charge in [0, 0.05) is 0 Å². The first-order valence-electron chi connectivity index (χ1n) is 8.70. The van der Waals surface area contributed by atoms with Gasteiger partial charge in [-0.1, -0.05) is 20.8 Å². The van der Waals surface area contributed by atoms with Crippen molar-refractivity contribution in [1.82, 2.24) is 4.90 Å². The predicted molar refractivity (Wildman–Crippen MR) is 98.7 cm³/mol. The van der Waals surface area contributed by atoms with E-state index in [1.165, 1.54) is 0 Å². The summed E-state index contributed by atoms with van der Waals surface area (Å²) in [6.07, 6.45) is -0.246. The Bertz CT molecular complexity index is 423. The van der Waals surface area contributed by atoms with Crippen molar-refractivity contribution in [2.24, 2.45) is 5.73 Å². The largest absolute Gasteiger partial charge is 0.444 e. The summed E-state index contributed by atoms with van der Waals surface area (Å²) in [5.74, 6) is 0. The Morgan fingerprint density at radius 2 is 1.71 bits per heavy atom. The van der Waals surface area contributed by atoms with Crippen LogP contribution in [0.2, 0.25) is 18.1 Å². The van der Waals surface area contributed by atoms with E-state index in [-0.39, 0.29) is 23.3 Å². The first-order valence-corrected chi connectivity index (χ1v) is 11.6. The van der Waals surface area contributed by atoms with Crippen LogP contribution < -0.4 is 5.73 Å². The fourth-order valence-electron chi connectivity index (χ4n) is 1.86. The van der Waals surface area contributed by atoms with Crippen molar-refractivity contribution in [3.05, 3.63) is 0 Å². The summed E-state index contributed by atoms with van der Waals surface area (Å²) in [5.41, 5.74) is 5.63. The zero-order valence-corrected chi connectivity index (χ0v) is 17.6. The highest BCUT2D eigenvalue weighted by Gasteiger charge is 2.38. The second-order valence-electron chi connectivity index (χ2n) is 9.17. The van der Waals surface area contributed by atoms with Crippen molar-refractivity contribution >= 4 is 14.4 Å². The van der Waals surface area contributed by atoms with Gasteiger partial charge >= 0.3 is 6.09 Å². The van der Waals surface area contributed by atoms with Gasteiger partial charge in [0.15, 0.2) is 8.32 Å². The smallest absolute Gasteiger partial charge is 0.410 e. The third-order valence-electron chi connectivity index (χ3n) is 4.51. The Balaban J connectivity index is 2.22. The van der Waals surface area contributed by atoms with Crippen LogP contribution in [0.15, 0.2) is 0 Å². The number of hydrogen-bond acceptors (Lipinski definition) is 5. The van der Waals surface area contributed by atoms with Crippen LogP contribution in [0.4, 0.5) is 4.79 Å². The number of likely N-dealkylation sites (tertiary alicyclic amines) is 1. The lowest BCUT2D eigenvalue weighted by atomic mass is 10.1. The van der Waals surface area contributed by atoms with Crippen LogP contribution in [-0.4, -0.2) is 63.4 Å². The number of amides is 1. The molecule has 0 spiro atoms. The molecule has 6 nitrogen and oxygen atoms in total. The number of ether oxygens (including phenoxy) is 2. The number of carbonyl (C=O) groups is 1. The number of nitrogens with zero attached hydrogens (tertiary/aromatic N) is 1. The summed E-state index contributed by atoms with van der Waals surface area (Å²) in [7, 11) is -1.77. The standard InChI is InChI=1S/C17H36N2O4Si/c1-16(2,3)23-15(20)19-9-14(10-19)21-11-13(18)12-22-24(7,8)17(4,5)6/h13-14H,9-12,18H2,1-8H3. The summed E-state index contributed by atoms with van der Waals surface area (Å²) in [6, 6.07) is -0.144. The highest BCUT2D eigenvalue weighted by molar-refractivity contribution is 6.74. The van der Waals surface area contributed by atoms with E-state index in [0.29, 0.717) is 26.3 Å². The molecule has 1 saturated heterocycles. The van der Waals surface area contributed by atoms with Crippen LogP contribution in [0.25, 0.3) is 0 Å². The average molecular weight is 361 g/mol. The molecule has 24 heavy (non-hydrogen) atoms. The predicted octanol–water partition coefficient (Wildman–Crippen LogP) is 2.97. The lowest BCUT2D eigenvalue weighted by Crippen LogP contribution is -2.56. The van der Waals surface area contributed by atoms with Crippen LogP contribution in [0.3, 0.4) is 0 Å². The molecule has 0 bridgehead atoms. The van der Waals surface area contributed by atoms with Gasteiger partial charge in [0.05, 0.1) is 38.4 Å². The summed E-state index contributed by atoms with van der Waals surface area (Å²) in [4.78, 5) is 13.5. The Morgan fingerprint density at radius 1 is 1.17 bits per heavy atom. The fourth-order valence-corrected chi connectivity index (χ4v) is 2.92. The fraction of sp³-hybridized carbons (Fsp3) is 0.941. The number of hydrogen-bond donors (Lipinski definition) is 1. The normalized spacial score (nSPS) is 18.3. The van der Waals surface area contributed by atoms with Gasteiger partial charge in [-0.15, -0.1) is 0 Å². The van der Waals surface area contributed by atoms with E-state index in [0.717, 1.165) is 0 Å². The van der Waals surface area contributed by atoms with Gasteiger partial charge in [0.25, 0.3) is 0 Å². The second-order valence-corrected chi connectivity index (χ2v) is 14.0. The van der Waals surface area contributed by atoms with Crippen molar-refractivity contribution in [1.29, 1.82) is 0 Å². The first-order chi connectivity index (χ1) is 10.7. The van der Waals surface area contributed by atoms with Gasteiger partial charge in [-0.2, -0.15) is 0 Å². The maximum atomic E-state index is 11.8. The second kappa shape index (κ2) is 7.72. The Labute approximate surface area is 148 Å². The molecular weight excluding hydrogens is 324 g/mol. The molecule has 142 valence electrons. The number of carbonyl (C=O) groups excluding carboxylic acids is 1. The SMILES string of the molecule is CC(C)(C)OC(=O)N1CC(OCC(N)CO[Si](C)(C)C(C)(C)C)C1. The third-order valence-corrected chi connectivity index (χ3v) is 9.01. The molecule has 1 aliphatic heterocycles. The van der Waals surface area contributed by atoms with Gasteiger partial charge in [0.2, 0.25) is 0 Å². The maximum absolute atomic E-state index is 11.8. The third kappa shape index (κ3) is 6.70. The lowest BCUT2D eigenvalue weighted by molar-refractivity contribution is -0.0677. The molecule has 1 heterocycles. The van der Waals surface area contributed by atoms with E-state index >= 15 is 0 Å². The lowest BCUT2D eigenvalue weighted by Gasteiger charge is -2.40. The van der Waals surface area contributed by atoms with Crippen molar-refractivity contribution in [2.45, 2.75) is 77.4 Å². The minimum absolute atomic E-state index is 0.0384. The van der Waals surface area contributed by atoms with E-state index < -0.39 is 13.9 Å². The quantitative estimate of drug-likeness (QED) is 0.737. The van der Waals surface area contributed by atoms with E-state index in [4.69, 9.17) is 19.6 Å². The molecule has 1 amide bonds. The van der Waals surface area contributed by atoms with E-state index in [1.54, 1.807) is 4.90 Å². The van der Waals surface area contributed by atoms with Crippen molar-refractivity contribution in [2.75, 3.05) is 26.3 Å². The Kier molecular flexibility index (Phi) is 6.89. The molecule has 1 atom stereocenters. The van der Waals surface area contributed by atoms with Crippen molar-refractivity contribution in [3.8, 4) is 0 Å². The highest BCUT2D eigenvalue weighted by atomic mass is 28.4. The van der Waals surface area contributed by atoms with Gasteiger partial charge in [0.1, 0.15) is 5.60 Å². The molecule has 7 heteroatoms. The van der Waals surface area contributed by atoms with Crippen molar-refractivity contribution in [3.63, 3.8) is 0 Å². The minimum Gasteiger partial charge on any atom is -0.444 e. The van der Waals surface area contributed by atoms with Gasteiger partial charge in [-0.25, -0.2) is 4.79 Å². The molecule has 0 aliphatic carbocycles. The van der Waals surface area contributed by atoms with Crippen LogP contribution in [0, 0.1) is 0 Å². The topological polar surface area (TPSA) is 74.0 Å². The monoisotopic (exact) mass is 360 g/mol. The van der Waals surface area contributed by atoms with E-state index in [2.05, 4.69) is 33.9 Å². The molecule has 1 aliphatic rings. The minimum atomic E-state index is -1.77. The molecule has 0 aromatic carbocycles. The molecule has 1 fully saturated rings. The van der Waals surface area contributed by atoms with Crippen LogP contribution >= 0.6 is 0 Å². The molecular formula is C17H36N2O4Si.